The number of hydrogen-bond donors (Lipinski definition) is 2. The van der Waals surface area contributed by atoms with Gasteiger partial charge in [-0.05, 0) is 24.7 Å². The first-order valence-electron chi connectivity index (χ1n) is 7.70. The van der Waals surface area contributed by atoms with E-state index >= 15 is 0 Å². The Kier molecular flexibility index (Phi) is 6.82. The highest BCUT2D eigenvalue weighted by Gasteiger charge is 2.27. The largest absolute Gasteiger partial charge is 0.480 e. The monoisotopic (exact) mass is 284 g/mol. The highest BCUT2D eigenvalue weighted by atomic mass is 16.4. The molecule has 1 rings (SSSR count). The standard InChI is InChI=1S/C15H28N2O3/c1-4-11(2)13(14(18)19)16-15(20)17(3)10-12-8-6-5-7-9-12/h11-13H,4-10H2,1-3H3,(H,16,20)(H,18,19)/t11?,13-/m0/s1. The van der Waals surface area contributed by atoms with Gasteiger partial charge in [-0.3, -0.25) is 0 Å². The van der Waals surface area contributed by atoms with Crippen LogP contribution >= 0.6 is 0 Å². The van der Waals surface area contributed by atoms with Gasteiger partial charge in [0, 0.05) is 13.6 Å². The first-order valence-corrected chi connectivity index (χ1v) is 7.70. The summed E-state index contributed by atoms with van der Waals surface area (Å²) in [5.74, 6) is -0.468. The zero-order valence-electron chi connectivity index (χ0n) is 12.9. The maximum absolute atomic E-state index is 12.1. The predicted molar refractivity (Wildman–Crippen MR) is 78.6 cm³/mol. The van der Waals surface area contributed by atoms with E-state index in [0.717, 1.165) is 13.0 Å². The maximum atomic E-state index is 12.1. The number of carboxylic acid groups (broad SMARTS) is 1. The van der Waals surface area contributed by atoms with Crippen molar-refractivity contribution >= 4 is 12.0 Å². The number of nitrogens with zero attached hydrogens (tertiary/aromatic N) is 1. The van der Waals surface area contributed by atoms with Crippen LogP contribution in [0.1, 0.15) is 52.4 Å². The van der Waals surface area contributed by atoms with Gasteiger partial charge in [0.1, 0.15) is 6.04 Å². The molecule has 0 aromatic carbocycles. The van der Waals surface area contributed by atoms with Crippen LogP contribution in [0.25, 0.3) is 0 Å². The first-order chi connectivity index (χ1) is 9.45. The fourth-order valence-electron chi connectivity index (χ4n) is 2.77. The van der Waals surface area contributed by atoms with Crippen LogP contribution in [0.5, 0.6) is 0 Å². The molecule has 1 aliphatic rings. The summed E-state index contributed by atoms with van der Waals surface area (Å²) in [4.78, 5) is 25.0. The number of nitrogens with one attached hydrogen (secondary N) is 1. The van der Waals surface area contributed by atoms with Crippen LogP contribution in [0, 0.1) is 11.8 Å². The Balaban J connectivity index is 2.48. The lowest BCUT2D eigenvalue weighted by Gasteiger charge is -2.29. The fraction of sp³-hybridized carbons (Fsp3) is 0.867. The summed E-state index contributed by atoms with van der Waals surface area (Å²) in [5.41, 5.74) is 0. The van der Waals surface area contributed by atoms with Crippen molar-refractivity contribution in [1.82, 2.24) is 10.2 Å². The second kappa shape index (κ2) is 8.12. The van der Waals surface area contributed by atoms with Gasteiger partial charge in [-0.15, -0.1) is 0 Å². The summed E-state index contributed by atoms with van der Waals surface area (Å²) in [6, 6.07) is -1.08. The van der Waals surface area contributed by atoms with Crippen LogP contribution < -0.4 is 5.32 Å². The molecule has 20 heavy (non-hydrogen) atoms. The number of carboxylic acids is 1. The number of hydrogen-bond acceptors (Lipinski definition) is 2. The molecule has 1 aliphatic carbocycles. The number of amides is 2. The number of urea groups is 1. The van der Waals surface area contributed by atoms with Crippen LogP contribution in [-0.2, 0) is 4.79 Å². The first kappa shape index (κ1) is 16.8. The molecule has 5 heteroatoms. The fourth-order valence-corrected chi connectivity index (χ4v) is 2.77. The van der Waals surface area contributed by atoms with Crippen LogP contribution in [-0.4, -0.2) is 41.6 Å². The van der Waals surface area contributed by atoms with E-state index in [1.165, 1.54) is 32.1 Å². The summed E-state index contributed by atoms with van der Waals surface area (Å²) in [6.07, 6.45) is 6.84. The summed E-state index contributed by atoms with van der Waals surface area (Å²) >= 11 is 0. The Morgan fingerprint density at radius 2 is 1.90 bits per heavy atom. The lowest BCUT2D eigenvalue weighted by atomic mass is 9.89. The van der Waals surface area contributed by atoms with E-state index in [0.29, 0.717) is 5.92 Å². The predicted octanol–water partition coefficient (Wildman–Crippen LogP) is 2.71. The third-order valence-corrected chi connectivity index (χ3v) is 4.36. The Morgan fingerprint density at radius 1 is 1.30 bits per heavy atom. The highest BCUT2D eigenvalue weighted by Crippen LogP contribution is 2.24. The van der Waals surface area contributed by atoms with E-state index in [1.54, 1.807) is 11.9 Å². The molecule has 2 N–H and O–H groups in total. The van der Waals surface area contributed by atoms with Crippen LogP contribution in [0.15, 0.2) is 0 Å². The van der Waals surface area contributed by atoms with E-state index in [4.69, 9.17) is 0 Å². The zero-order chi connectivity index (χ0) is 15.1. The molecule has 0 bridgehead atoms. The minimum atomic E-state index is -0.959. The quantitative estimate of drug-likeness (QED) is 0.788. The van der Waals surface area contributed by atoms with Crippen LogP contribution in [0.4, 0.5) is 4.79 Å². The lowest BCUT2D eigenvalue weighted by molar-refractivity contribution is -0.140. The molecule has 0 aromatic rings. The van der Waals surface area contributed by atoms with Gasteiger partial charge in [-0.1, -0.05) is 39.5 Å². The third kappa shape index (κ3) is 5.02. The van der Waals surface area contributed by atoms with Crippen molar-refractivity contribution < 1.29 is 14.7 Å². The Labute approximate surface area is 121 Å². The Morgan fingerprint density at radius 3 is 2.40 bits per heavy atom. The molecule has 2 atom stereocenters. The van der Waals surface area contributed by atoms with Gasteiger partial charge in [0.05, 0.1) is 0 Å². The number of rotatable bonds is 6. The van der Waals surface area contributed by atoms with Crippen molar-refractivity contribution in [3.05, 3.63) is 0 Å². The topological polar surface area (TPSA) is 69.6 Å². The van der Waals surface area contributed by atoms with Gasteiger partial charge < -0.3 is 15.3 Å². The molecule has 116 valence electrons. The molecule has 0 saturated heterocycles. The Hall–Kier alpha value is -1.26. The maximum Gasteiger partial charge on any atom is 0.326 e. The van der Waals surface area contributed by atoms with Crippen molar-refractivity contribution in [3.63, 3.8) is 0 Å². The van der Waals surface area contributed by atoms with E-state index in [9.17, 15) is 14.7 Å². The van der Waals surface area contributed by atoms with Crippen LogP contribution in [0.2, 0.25) is 0 Å². The van der Waals surface area contributed by atoms with Crippen molar-refractivity contribution in [2.45, 2.75) is 58.4 Å². The molecule has 0 heterocycles. The summed E-state index contributed by atoms with van der Waals surface area (Å²) in [5, 5.41) is 11.8. The lowest BCUT2D eigenvalue weighted by Crippen LogP contribution is -2.50. The summed E-state index contributed by atoms with van der Waals surface area (Å²) < 4.78 is 0. The molecule has 1 fully saturated rings. The van der Waals surface area contributed by atoms with E-state index < -0.39 is 12.0 Å². The van der Waals surface area contributed by atoms with E-state index in [1.807, 2.05) is 13.8 Å². The smallest absolute Gasteiger partial charge is 0.326 e. The molecule has 5 nitrogen and oxygen atoms in total. The van der Waals surface area contributed by atoms with Gasteiger partial charge in [0.25, 0.3) is 0 Å². The number of aliphatic carboxylic acids is 1. The van der Waals surface area contributed by atoms with E-state index in [-0.39, 0.29) is 11.9 Å². The third-order valence-electron chi connectivity index (χ3n) is 4.36. The molecule has 1 saturated carbocycles. The average Bonchev–Trinajstić information content (AvgIpc) is 2.44. The van der Waals surface area contributed by atoms with Gasteiger partial charge >= 0.3 is 12.0 Å². The average molecular weight is 284 g/mol. The molecule has 0 radical (unpaired) electrons. The van der Waals surface area contributed by atoms with Crippen LogP contribution in [0.3, 0.4) is 0 Å². The van der Waals surface area contributed by atoms with E-state index in [2.05, 4.69) is 5.32 Å². The van der Waals surface area contributed by atoms with Gasteiger partial charge in [-0.2, -0.15) is 0 Å². The normalized spacial score (nSPS) is 19.1. The summed E-state index contributed by atoms with van der Waals surface area (Å²) in [6.45, 7) is 4.50. The second-order valence-corrected chi connectivity index (χ2v) is 6.04. The molecule has 0 spiro atoms. The minimum absolute atomic E-state index is 0.0699. The van der Waals surface area contributed by atoms with Crippen molar-refractivity contribution in [1.29, 1.82) is 0 Å². The molecule has 1 unspecified atom stereocenters. The highest BCUT2D eigenvalue weighted by molar-refractivity contribution is 5.82. The second-order valence-electron chi connectivity index (χ2n) is 6.04. The molecular formula is C15H28N2O3. The van der Waals surface area contributed by atoms with Crippen molar-refractivity contribution in [2.24, 2.45) is 11.8 Å². The SMILES string of the molecule is CCC(C)[C@H](NC(=O)N(C)CC1CCCCC1)C(=O)O. The zero-order valence-corrected chi connectivity index (χ0v) is 12.9. The molecule has 0 aliphatic heterocycles. The molecule has 2 amide bonds. The molecule has 0 aromatic heterocycles. The number of carbonyl (C=O) groups excluding carboxylic acids is 1. The van der Waals surface area contributed by atoms with Crippen molar-refractivity contribution in [2.75, 3.05) is 13.6 Å². The molecular weight excluding hydrogens is 256 g/mol. The van der Waals surface area contributed by atoms with Crippen molar-refractivity contribution in [3.8, 4) is 0 Å². The number of carbonyl (C=O) groups is 2. The Bertz CT molecular complexity index is 327. The van der Waals surface area contributed by atoms with Gasteiger partial charge in [-0.25, -0.2) is 9.59 Å². The van der Waals surface area contributed by atoms with Gasteiger partial charge in [0.15, 0.2) is 0 Å². The summed E-state index contributed by atoms with van der Waals surface area (Å²) in [7, 11) is 1.75. The minimum Gasteiger partial charge on any atom is -0.480 e. The van der Waals surface area contributed by atoms with Gasteiger partial charge in [0.2, 0.25) is 0 Å².